The highest BCUT2D eigenvalue weighted by Gasteiger charge is 1.93. The van der Waals surface area contributed by atoms with Crippen LogP contribution in [0.4, 0.5) is 8.78 Å². The second-order valence-corrected chi connectivity index (χ2v) is 7.08. The number of unbranched alkanes of at least 4 members (excludes halogenated alkanes) is 16. The molecule has 0 bridgehead atoms. The summed E-state index contributed by atoms with van der Waals surface area (Å²) in [5, 5.41) is 0. The predicted molar refractivity (Wildman–Crippen MR) is 104 cm³/mol. The molecule has 0 amide bonds. The van der Waals surface area contributed by atoms with E-state index in [-0.39, 0.29) is 13.3 Å². The standard InChI is InChI=1S/C22H42F2/c23-21-19-17-15-13-11-9-7-5-3-1-2-4-6-8-10-12-14-16-18-20-22-24/h1-2H,3-22H2. The van der Waals surface area contributed by atoms with Gasteiger partial charge in [0.25, 0.3) is 0 Å². The van der Waals surface area contributed by atoms with Gasteiger partial charge < -0.3 is 0 Å². The molecule has 144 valence electrons. The third kappa shape index (κ3) is 21.6. The summed E-state index contributed by atoms with van der Waals surface area (Å²) < 4.78 is 23.8. The van der Waals surface area contributed by atoms with Crippen molar-refractivity contribution in [3.8, 4) is 0 Å². The quantitative estimate of drug-likeness (QED) is 0.153. The molecule has 0 unspecified atom stereocenters. The van der Waals surface area contributed by atoms with Gasteiger partial charge in [0.05, 0.1) is 13.3 Å². The molecule has 0 fully saturated rings. The second-order valence-electron chi connectivity index (χ2n) is 7.08. The van der Waals surface area contributed by atoms with E-state index in [1.807, 2.05) is 0 Å². The monoisotopic (exact) mass is 344 g/mol. The molecule has 0 aromatic heterocycles. The first-order valence-corrected chi connectivity index (χ1v) is 10.7. The van der Waals surface area contributed by atoms with Crippen LogP contribution in [0.25, 0.3) is 0 Å². The average Bonchev–Trinajstić information content (AvgIpc) is 2.60. The third-order valence-electron chi connectivity index (χ3n) is 4.68. The molecule has 0 aliphatic heterocycles. The zero-order valence-electron chi connectivity index (χ0n) is 16.1. The van der Waals surface area contributed by atoms with Crippen LogP contribution < -0.4 is 0 Å². The highest BCUT2D eigenvalue weighted by Crippen LogP contribution is 2.12. The molecule has 0 saturated heterocycles. The Balaban J connectivity index is 3.04. The Hall–Kier alpha value is -0.400. The Morgan fingerprint density at radius 1 is 0.333 bits per heavy atom. The summed E-state index contributed by atoms with van der Waals surface area (Å²) in [7, 11) is 0. The van der Waals surface area contributed by atoms with Crippen LogP contribution in [0.5, 0.6) is 0 Å². The molecule has 0 aliphatic rings. The fraction of sp³-hybridized carbons (Fsp3) is 0.909. The van der Waals surface area contributed by atoms with Gasteiger partial charge in [-0.25, -0.2) is 0 Å². The SMILES string of the molecule is FCCCCCCCCCCC=CCCCCCCCCCCF. The molecule has 0 aromatic carbocycles. The molecule has 0 heterocycles. The number of hydrogen-bond donors (Lipinski definition) is 0. The zero-order chi connectivity index (χ0) is 17.6. The van der Waals surface area contributed by atoms with Gasteiger partial charge >= 0.3 is 0 Å². The van der Waals surface area contributed by atoms with E-state index in [4.69, 9.17) is 0 Å². The van der Waals surface area contributed by atoms with Crippen molar-refractivity contribution in [1.82, 2.24) is 0 Å². The first-order chi connectivity index (χ1) is 11.9. The molecular weight excluding hydrogens is 302 g/mol. The molecular formula is C22H42F2. The molecule has 0 spiro atoms. The number of rotatable bonds is 20. The highest BCUT2D eigenvalue weighted by molar-refractivity contribution is 4.81. The smallest absolute Gasteiger partial charge is 0.0894 e. The maximum atomic E-state index is 11.9. The van der Waals surface area contributed by atoms with E-state index < -0.39 is 0 Å². The topological polar surface area (TPSA) is 0 Å². The maximum absolute atomic E-state index is 11.9. The lowest BCUT2D eigenvalue weighted by Crippen LogP contribution is -1.82. The molecule has 0 aliphatic carbocycles. The molecule has 0 nitrogen and oxygen atoms in total. The van der Waals surface area contributed by atoms with E-state index in [9.17, 15) is 8.78 Å². The summed E-state index contributed by atoms with van der Waals surface area (Å²) in [6.45, 7) is -0.290. The molecule has 0 aromatic rings. The number of hydrogen-bond acceptors (Lipinski definition) is 0. The average molecular weight is 345 g/mol. The van der Waals surface area contributed by atoms with Crippen molar-refractivity contribution in [2.24, 2.45) is 0 Å². The van der Waals surface area contributed by atoms with E-state index in [1.54, 1.807) is 0 Å². The number of alkyl halides is 2. The van der Waals surface area contributed by atoms with Gasteiger partial charge in [-0.2, -0.15) is 0 Å². The van der Waals surface area contributed by atoms with Gasteiger partial charge in [0.15, 0.2) is 0 Å². The van der Waals surface area contributed by atoms with Gasteiger partial charge in [-0.05, 0) is 38.5 Å². The normalized spacial score (nSPS) is 11.6. The van der Waals surface area contributed by atoms with Gasteiger partial charge in [-0.15, -0.1) is 0 Å². The second kappa shape index (κ2) is 22.6. The lowest BCUT2D eigenvalue weighted by molar-refractivity contribution is 0.449. The van der Waals surface area contributed by atoms with Gasteiger partial charge in [0.1, 0.15) is 0 Å². The molecule has 0 rings (SSSR count). The van der Waals surface area contributed by atoms with Crippen molar-refractivity contribution in [2.45, 2.75) is 116 Å². The lowest BCUT2D eigenvalue weighted by atomic mass is 10.1. The van der Waals surface area contributed by atoms with Crippen LogP contribution in [-0.2, 0) is 0 Å². The van der Waals surface area contributed by atoms with Crippen molar-refractivity contribution in [1.29, 1.82) is 0 Å². The summed E-state index contributed by atoms with van der Waals surface area (Å²) in [5.41, 5.74) is 0. The maximum Gasteiger partial charge on any atom is 0.0894 e. The minimum atomic E-state index is -0.145. The molecule has 0 N–H and O–H groups in total. The zero-order valence-corrected chi connectivity index (χ0v) is 16.1. The minimum Gasteiger partial charge on any atom is -0.251 e. The Bertz CT molecular complexity index is 214. The van der Waals surface area contributed by atoms with E-state index in [1.165, 1.54) is 89.9 Å². The highest BCUT2D eigenvalue weighted by atomic mass is 19.1. The summed E-state index contributed by atoms with van der Waals surface area (Å²) in [6, 6.07) is 0. The number of halogens is 2. The fourth-order valence-electron chi connectivity index (χ4n) is 3.07. The third-order valence-corrected chi connectivity index (χ3v) is 4.68. The summed E-state index contributed by atoms with van der Waals surface area (Å²) in [4.78, 5) is 0. The van der Waals surface area contributed by atoms with Gasteiger partial charge in [-0.1, -0.05) is 89.2 Å². The summed E-state index contributed by atoms with van der Waals surface area (Å²) in [5.74, 6) is 0. The molecule has 2 heteroatoms. The fourth-order valence-corrected chi connectivity index (χ4v) is 3.07. The van der Waals surface area contributed by atoms with Crippen molar-refractivity contribution >= 4 is 0 Å². The van der Waals surface area contributed by atoms with Crippen molar-refractivity contribution in [3.63, 3.8) is 0 Å². The van der Waals surface area contributed by atoms with Crippen LogP contribution in [0.3, 0.4) is 0 Å². The van der Waals surface area contributed by atoms with E-state index in [0.29, 0.717) is 0 Å². The Morgan fingerprint density at radius 2 is 0.583 bits per heavy atom. The minimum absolute atomic E-state index is 0.145. The van der Waals surface area contributed by atoms with Gasteiger partial charge in [0.2, 0.25) is 0 Å². The van der Waals surface area contributed by atoms with Crippen molar-refractivity contribution < 1.29 is 8.78 Å². The van der Waals surface area contributed by atoms with E-state index in [0.717, 1.165) is 25.7 Å². The molecule has 0 saturated carbocycles. The Morgan fingerprint density at radius 3 is 0.875 bits per heavy atom. The Kier molecular flexibility index (Phi) is 22.2. The summed E-state index contributed by atoms with van der Waals surface area (Å²) >= 11 is 0. The van der Waals surface area contributed by atoms with Crippen LogP contribution >= 0.6 is 0 Å². The van der Waals surface area contributed by atoms with Crippen LogP contribution in [0.1, 0.15) is 116 Å². The molecule has 24 heavy (non-hydrogen) atoms. The van der Waals surface area contributed by atoms with Crippen LogP contribution in [-0.4, -0.2) is 13.3 Å². The molecule has 0 radical (unpaired) electrons. The van der Waals surface area contributed by atoms with E-state index in [2.05, 4.69) is 12.2 Å². The van der Waals surface area contributed by atoms with Crippen molar-refractivity contribution in [2.75, 3.05) is 13.3 Å². The van der Waals surface area contributed by atoms with Crippen LogP contribution in [0.2, 0.25) is 0 Å². The Labute approximate surface area is 150 Å². The number of allylic oxidation sites excluding steroid dienone is 2. The van der Waals surface area contributed by atoms with Crippen LogP contribution in [0, 0.1) is 0 Å². The van der Waals surface area contributed by atoms with Crippen LogP contribution in [0.15, 0.2) is 12.2 Å². The summed E-state index contributed by atoms with van der Waals surface area (Å²) in [6.07, 6.45) is 26.5. The molecule has 0 atom stereocenters. The van der Waals surface area contributed by atoms with Gasteiger partial charge in [0, 0.05) is 0 Å². The lowest BCUT2D eigenvalue weighted by Gasteiger charge is -2.01. The first-order valence-electron chi connectivity index (χ1n) is 10.7. The first kappa shape index (κ1) is 23.6. The van der Waals surface area contributed by atoms with Crippen molar-refractivity contribution in [3.05, 3.63) is 12.2 Å². The largest absolute Gasteiger partial charge is 0.251 e. The van der Waals surface area contributed by atoms with E-state index >= 15 is 0 Å². The predicted octanol–water partition coefficient (Wildman–Crippen LogP) is 8.50. The van der Waals surface area contributed by atoms with Gasteiger partial charge in [-0.3, -0.25) is 8.78 Å².